The van der Waals surface area contributed by atoms with E-state index in [2.05, 4.69) is 5.32 Å². The molecule has 0 aliphatic carbocycles. The molecule has 2 aliphatic heterocycles. The predicted octanol–water partition coefficient (Wildman–Crippen LogP) is -0.638. The second kappa shape index (κ2) is 12.4. The fourth-order valence-electron chi connectivity index (χ4n) is 4.38. The monoisotopic (exact) mass is 538 g/mol. The summed E-state index contributed by atoms with van der Waals surface area (Å²) in [6.07, 6.45) is -7.37. The Labute approximate surface area is 217 Å². The molecular weight excluding hydrogens is 508 g/mol. The largest absolute Gasteiger partial charge is 0.466 e. The summed E-state index contributed by atoms with van der Waals surface area (Å²) in [5.41, 5.74) is 0.901. The highest BCUT2D eigenvalue weighted by atomic mass is 16.7. The summed E-state index contributed by atoms with van der Waals surface area (Å²) in [5.74, 6) is -2.63. The smallest absolute Gasteiger partial charge is 0.336 e. The first-order valence-corrected chi connectivity index (χ1v) is 11.6. The SMILES string of the molecule is COC(=O)C1=C(C)NC(C)=C(C(=O)OCCO[C@H]2O[C@H](CO)[C@@H](O)[C@H](O)[C@H]2O)C1c1cccc([N+](=O)[O-])c1. The second-order valence-electron chi connectivity index (χ2n) is 8.68. The van der Waals surface area contributed by atoms with Crippen LogP contribution in [0.15, 0.2) is 46.8 Å². The Bertz CT molecular complexity index is 1130. The molecule has 0 bridgehead atoms. The van der Waals surface area contributed by atoms with Crippen LogP contribution in [-0.2, 0) is 28.5 Å². The number of methoxy groups -OCH3 is 1. The van der Waals surface area contributed by atoms with Gasteiger partial charge in [-0.05, 0) is 19.4 Å². The third kappa shape index (κ3) is 6.01. The topological polar surface area (TPSA) is 207 Å². The van der Waals surface area contributed by atoms with Crippen molar-refractivity contribution in [3.63, 3.8) is 0 Å². The number of esters is 2. The molecule has 0 radical (unpaired) electrons. The van der Waals surface area contributed by atoms with Crippen LogP contribution in [-0.4, -0.2) is 94.9 Å². The number of nitrogens with one attached hydrogen (secondary N) is 1. The first kappa shape index (κ1) is 29.2. The van der Waals surface area contributed by atoms with E-state index in [0.717, 1.165) is 0 Å². The molecule has 14 heteroatoms. The summed E-state index contributed by atoms with van der Waals surface area (Å²) in [6.45, 7) is 1.92. The number of allylic oxidation sites excluding steroid dienone is 2. The number of ether oxygens (including phenoxy) is 4. The van der Waals surface area contributed by atoms with Gasteiger partial charge in [-0.2, -0.15) is 0 Å². The first-order valence-electron chi connectivity index (χ1n) is 11.6. The van der Waals surface area contributed by atoms with Gasteiger partial charge in [-0.25, -0.2) is 9.59 Å². The summed E-state index contributed by atoms with van der Waals surface area (Å²) < 4.78 is 20.8. The third-order valence-corrected chi connectivity index (χ3v) is 6.25. The lowest BCUT2D eigenvalue weighted by Crippen LogP contribution is -2.59. The number of nitrogens with zero attached hydrogens (tertiary/aromatic N) is 1. The minimum atomic E-state index is -1.63. The number of hydrogen-bond acceptors (Lipinski definition) is 13. The number of aliphatic hydroxyl groups excluding tert-OH is 4. The number of nitro groups is 1. The van der Waals surface area contributed by atoms with Gasteiger partial charge in [0.15, 0.2) is 6.29 Å². The highest BCUT2D eigenvalue weighted by Crippen LogP contribution is 2.40. The Morgan fingerprint density at radius 2 is 1.71 bits per heavy atom. The van der Waals surface area contributed by atoms with Crippen molar-refractivity contribution in [2.75, 3.05) is 26.9 Å². The summed E-state index contributed by atoms with van der Waals surface area (Å²) >= 11 is 0. The molecule has 1 fully saturated rings. The van der Waals surface area contributed by atoms with E-state index >= 15 is 0 Å². The van der Waals surface area contributed by atoms with Crippen LogP contribution in [0.25, 0.3) is 0 Å². The van der Waals surface area contributed by atoms with Crippen molar-refractivity contribution < 1.29 is 53.9 Å². The van der Waals surface area contributed by atoms with Gasteiger partial charge in [0.1, 0.15) is 31.0 Å². The van der Waals surface area contributed by atoms with Crippen LogP contribution in [0.1, 0.15) is 25.3 Å². The normalized spacial score (nSPS) is 27.6. The van der Waals surface area contributed by atoms with Gasteiger partial charge in [0, 0.05) is 23.5 Å². The van der Waals surface area contributed by atoms with E-state index in [1.165, 1.54) is 25.3 Å². The Kier molecular flexibility index (Phi) is 9.54. The van der Waals surface area contributed by atoms with Gasteiger partial charge in [0.05, 0.1) is 42.3 Å². The molecule has 1 unspecified atom stereocenters. The van der Waals surface area contributed by atoms with Crippen LogP contribution in [0.5, 0.6) is 0 Å². The lowest BCUT2D eigenvalue weighted by molar-refractivity contribution is -0.384. The fraction of sp³-hybridized carbons (Fsp3) is 0.500. The van der Waals surface area contributed by atoms with Crippen molar-refractivity contribution >= 4 is 17.6 Å². The number of aliphatic hydroxyl groups is 4. The molecule has 0 spiro atoms. The molecule has 1 aromatic carbocycles. The lowest BCUT2D eigenvalue weighted by atomic mass is 9.80. The lowest BCUT2D eigenvalue weighted by Gasteiger charge is -2.39. The van der Waals surface area contributed by atoms with Gasteiger partial charge in [-0.3, -0.25) is 10.1 Å². The van der Waals surface area contributed by atoms with Crippen molar-refractivity contribution in [1.29, 1.82) is 0 Å². The van der Waals surface area contributed by atoms with Crippen LogP contribution in [0.3, 0.4) is 0 Å². The number of rotatable bonds is 9. The predicted molar refractivity (Wildman–Crippen MR) is 127 cm³/mol. The number of non-ortho nitro benzene ring substituents is 1. The molecule has 0 saturated carbocycles. The highest BCUT2D eigenvalue weighted by molar-refractivity contribution is 5.99. The summed E-state index contributed by atoms with van der Waals surface area (Å²) in [4.78, 5) is 36.7. The van der Waals surface area contributed by atoms with Crippen LogP contribution in [0, 0.1) is 10.1 Å². The number of nitro benzene ring substituents is 1. The maximum atomic E-state index is 13.2. The van der Waals surface area contributed by atoms with Gasteiger partial charge in [-0.1, -0.05) is 12.1 Å². The van der Waals surface area contributed by atoms with E-state index in [1.807, 2.05) is 0 Å². The molecule has 0 aromatic heterocycles. The standard InChI is InChI=1S/C24H30N2O12/c1-11-16(22(31)35-3)18(13-5-4-6-14(9-13)26(33)34)17(12(2)25-11)23(32)36-7-8-37-24-21(30)20(29)19(28)15(10-27)38-24/h4-6,9,15,18-21,24-25,27-30H,7-8,10H2,1-3H3/t15-,18?,19-,20+,21-,24+/m1/s1. The summed E-state index contributed by atoms with van der Waals surface area (Å²) in [5, 5.41) is 53.3. The molecule has 5 N–H and O–H groups in total. The van der Waals surface area contributed by atoms with Crippen molar-refractivity contribution in [2.24, 2.45) is 0 Å². The minimum absolute atomic E-state index is 0.0179. The molecule has 38 heavy (non-hydrogen) atoms. The summed E-state index contributed by atoms with van der Waals surface area (Å²) in [7, 11) is 1.17. The van der Waals surface area contributed by atoms with Gasteiger partial charge in [-0.15, -0.1) is 0 Å². The maximum Gasteiger partial charge on any atom is 0.336 e. The van der Waals surface area contributed by atoms with E-state index in [1.54, 1.807) is 19.9 Å². The van der Waals surface area contributed by atoms with Crippen LogP contribution in [0.2, 0.25) is 0 Å². The second-order valence-corrected chi connectivity index (χ2v) is 8.68. The average Bonchev–Trinajstić information content (AvgIpc) is 2.89. The fourth-order valence-corrected chi connectivity index (χ4v) is 4.38. The molecule has 208 valence electrons. The summed E-state index contributed by atoms with van der Waals surface area (Å²) in [6, 6.07) is 5.52. The Morgan fingerprint density at radius 1 is 1.05 bits per heavy atom. The third-order valence-electron chi connectivity index (χ3n) is 6.25. The van der Waals surface area contributed by atoms with Crippen molar-refractivity contribution in [2.45, 2.75) is 50.5 Å². The van der Waals surface area contributed by atoms with E-state index in [9.17, 15) is 40.1 Å². The van der Waals surface area contributed by atoms with Crippen molar-refractivity contribution in [1.82, 2.24) is 5.32 Å². The van der Waals surface area contributed by atoms with Gasteiger partial charge in [0.25, 0.3) is 5.69 Å². The van der Waals surface area contributed by atoms with E-state index < -0.39 is 60.1 Å². The zero-order valence-corrected chi connectivity index (χ0v) is 20.9. The van der Waals surface area contributed by atoms with E-state index in [0.29, 0.717) is 17.0 Å². The molecule has 6 atom stereocenters. The molecule has 3 rings (SSSR count). The van der Waals surface area contributed by atoms with Crippen LogP contribution in [0.4, 0.5) is 5.69 Å². The zero-order chi connectivity index (χ0) is 28.1. The number of hydrogen-bond donors (Lipinski definition) is 5. The van der Waals surface area contributed by atoms with Gasteiger partial charge in [0.2, 0.25) is 0 Å². The van der Waals surface area contributed by atoms with E-state index in [4.69, 9.17) is 18.9 Å². The minimum Gasteiger partial charge on any atom is -0.466 e. The molecule has 2 aliphatic rings. The van der Waals surface area contributed by atoms with Crippen LogP contribution < -0.4 is 5.32 Å². The molecule has 0 amide bonds. The number of dihydropyridines is 1. The van der Waals surface area contributed by atoms with Crippen molar-refractivity contribution in [3.8, 4) is 0 Å². The van der Waals surface area contributed by atoms with Gasteiger partial charge < -0.3 is 44.7 Å². The quantitative estimate of drug-likeness (QED) is 0.115. The zero-order valence-electron chi connectivity index (χ0n) is 20.9. The highest BCUT2D eigenvalue weighted by Gasteiger charge is 2.44. The van der Waals surface area contributed by atoms with Crippen LogP contribution >= 0.6 is 0 Å². The number of carbonyl (C=O) groups is 2. The Hall–Kier alpha value is -3.40. The molecular formula is C24H30N2O12. The average molecular weight is 539 g/mol. The molecule has 1 aromatic rings. The van der Waals surface area contributed by atoms with E-state index in [-0.39, 0.29) is 30.0 Å². The Balaban J connectivity index is 1.78. The molecule has 1 saturated heterocycles. The molecule has 14 nitrogen and oxygen atoms in total. The number of benzene rings is 1. The first-order chi connectivity index (χ1) is 18.0. The van der Waals surface area contributed by atoms with Crippen molar-refractivity contribution in [3.05, 3.63) is 62.5 Å². The molecule has 2 heterocycles. The Morgan fingerprint density at radius 3 is 2.32 bits per heavy atom. The number of carbonyl (C=O) groups excluding carboxylic acids is 2. The maximum absolute atomic E-state index is 13.2. The van der Waals surface area contributed by atoms with Gasteiger partial charge >= 0.3 is 11.9 Å².